The molecule has 1 atom stereocenters. The van der Waals surface area contributed by atoms with Gasteiger partial charge >= 0.3 is 0 Å². The third-order valence-corrected chi connectivity index (χ3v) is 7.59. The number of carbonyl (C=O) groups is 1. The number of Topliss-reactive ketones (excluding diaryl/α,β-unsaturated/α-hetero) is 1. The summed E-state index contributed by atoms with van der Waals surface area (Å²) in [5.41, 5.74) is 1.25. The highest BCUT2D eigenvalue weighted by atomic mass is 32.2. The van der Waals surface area contributed by atoms with Crippen LogP contribution in [0.1, 0.15) is 49.0 Å². The van der Waals surface area contributed by atoms with E-state index in [1.807, 2.05) is 0 Å². The number of thiophene rings is 1. The van der Waals surface area contributed by atoms with Crippen molar-refractivity contribution in [1.29, 1.82) is 0 Å². The van der Waals surface area contributed by atoms with E-state index in [-0.39, 0.29) is 10.8 Å². The highest BCUT2D eigenvalue weighted by Crippen LogP contribution is 2.36. The second-order valence-electron chi connectivity index (χ2n) is 6.81. The van der Waals surface area contributed by atoms with Gasteiger partial charge in [-0.15, -0.1) is 17.9 Å². The minimum Gasteiger partial charge on any atom is -0.298 e. The molecular formula is C19H22N2O2S2. The third kappa shape index (κ3) is 3.10. The van der Waals surface area contributed by atoms with Crippen LogP contribution in [0.25, 0.3) is 10.2 Å². The van der Waals surface area contributed by atoms with Crippen LogP contribution in [-0.4, -0.2) is 20.6 Å². The van der Waals surface area contributed by atoms with E-state index in [1.54, 1.807) is 22.0 Å². The fourth-order valence-corrected chi connectivity index (χ4v) is 6.33. The van der Waals surface area contributed by atoms with Crippen molar-refractivity contribution >= 4 is 39.1 Å². The van der Waals surface area contributed by atoms with Gasteiger partial charge in [-0.3, -0.25) is 14.2 Å². The lowest BCUT2D eigenvalue weighted by Gasteiger charge is -2.20. The Hall–Kier alpha value is -1.40. The zero-order chi connectivity index (χ0) is 17.4. The molecule has 4 nitrogen and oxygen atoms in total. The summed E-state index contributed by atoms with van der Waals surface area (Å²) in [7, 11) is 0. The first-order chi connectivity index (χ1) is 12.2. The molecule has 2 aromatic rings. The van der Waals surface area contributed by atoms with Crippen LogP contribution >= 0.6 is 23.1 Å². The smallest absolute Gasteiger partial charge is 0.263 e. The van der Waals surface area contributed by atoms with Crippen molar-refractivity contribution in [3.63, 3.8) is 0 Å². The molecule has 2 heterocycles. The molecule has 0 spiro atoms. The van der Waals surface area contributed by atoms with Crippen molar-refractivity contribution in [2.24, 2.45) is 0 Å². The molecule has 0 unspecified atom stereocenters. The van der Waals surface area contributed by atoms with E-state index in [0.29, 0.717) is 23.9 Å². The average Bonchev–Trinajstić information content (AvgIpc) is 2.98. The molecule has 25 heavy (non-hydrogen) atoms. The number of aromatic nitrogens is 2. The fourth-order valence-electron chi connectivity index (χ4n) is 3.80. The van der Waals surface area contributed by atoms with Crippen LogP contribution in [0.4, 0.5) is 0 Å². The van der Waals surface area contributed by atoms with E-state index >= 15 is 0 Å². The van der Waals surface area contributed by atoms with Crippen molar-refractivity contribution in [3.8, 4) is 0 Å². The Labute approximate surface area is 155 Å². The average molecular weight is 375 g/mol. The normalized spacial score (nSPS) is 20.6. The summed E-state index contributed by atoms with van der Waals surface area (Å²) in [6, 6.07) is 0. The Morgan fingerprint density at radius 2 is 2.00 bits per heavy atom. The molecule has 0 aromatic carbocycles. The van der Waals surface area contributed by atoms with Crippen LogP contribution in [0.3, 0.4) is 0 Å². The fraction of sp³-hybridized carbons (Fsp3) is 0.526. The first-order valence-electron chi connectivity index (χ1n) is 9.04. The van der Waals surface area contributed by atoms with Gasteiger partial charge in [0, 0.05) is 17.8 Å². The number of nitrogens with zero attached hydrogens (tertiary/aromatic N) is 2. The van der Waals surface area contributed by atoms with E-state index in [4.69, 9.17) is 4.98 Å². The van der Waals surface area contributed by atoms with Crippen molar-refractivity contribution in [1.82, 2.24) is 9.55 Å². The Morgan fingerprint density at radius 3 is 2.80 bits per heavy atom. The number of aryl methyl sites for hydroxylation is 2. The maximum Gasteiger partial charge on any atom is 0.263 e. The van der Waals surface area contributed by atoms with Gasteiger partial charge in [0.2, 0.25) is 0 Å². The van der Waals surface area contributed by atoms with Gasteiger partial charge in [-0.05, 0) is 44.1 Å². The van der Waals surface area contributed by atoms with Crippen molar-refractivity contribution in [2.75, 3.05) is 0 Å². The van der Waals surface area contributed by atoms with E-state index in [0.717, 1.165) is 48.7 Å². The number of hydrogen-bond acceptors (Lipinski definition) is 5. The number of carbonyl (C=O) groups excluding carboxylic acids is 1. The number of thioether (sulfide) groups is 1. The summed E-state index contributed by atoms with van der Waals surface area (Å²) in [5, 5.41) is 1.42. The first-order valence-corrected chi connectivity index (χ1v) is 10.7. The van der Waals surface area contributed by atoms with Crippen molar-refractivity contribution in [2.45, 2.75) is 68.3 Å². The Kier molecular flexibility index (Phi) is 4.82. The quantitative estimate of drug-likeness (QED) is 0.596. The minimum absolute atomic E-state index is 0.0371. The number of allylic oxidation sites excluding steroid dienone is 1. The van der Waals surface area contributed by atoms with Crippen LogP contribution in [0.2, 0.25) is 0 Å². The van der Waals surface area contributed by atoms with Gasteiger partial charge in [-0.25, -0.2) is 4.98 Å². The maximum atomic E-state index is 13.2. The zero-order valence-electron chi connectivity index (χ0n) is 14.3. The monoisotopic (exact) mass is 374 g/mol. The molecular weight excluding hydrogens is 352 g/mol. The predicted octanol–water partition coefficient (Wildman–Crippen LogP) is 4.13. The summed E-state index contributed by atoms with van der Waals surface area (Å²) < 4.78 is 1.71. The Balaban J connectivity index is 1.82. The second-order valence-corrected chi connectivity index (χ2v) is 9.06. The number of fused-ring (bicyclic) bond motifs is 3. The number of rotatable bonds is 4. The van der Waals surface area contributed by atoms with Crippen LogP contribution in [0.15, 0.2) is 22.6 Å². The maximum absolute atomic E-state index is 13.2. The lowest BCUT2D eigenvalue weighted by atomic mass is 9.97. The zero-order valence-corrected chi connectivity index (χ0v) is 15.9. The molecule has 1 saturated carbocycles. The lowest BCUT2D eigenvalue weighted by molar-refractivity contribution is -0.119. The first kappa shape index (κ1) is 17.0. The van der Waals surface area contributed by atoms with E-state index in [2.05, 4.69) is 6.58 Å². The van der Waals surface area contributed by atoms with Gasteiger partial charge in [0.05, 0.1) is 10.6 Å². The van der Waals surface area contributed by atoms with Crippen molar-refractivity contribution in [3.05, 3.63) is 33.4 Å². The molecule has 0 saturated heterocycles. The van der Waals surface area contributed by atoms with Gasteiger partial charge in [-0.1, -0.05) is 24.3 Å². The summed E-state index contributed by atoms with van der Waals surface area (Å²) in [6.45, 7) is 4.23. The van der Waals surface area contributed by atoms with Gasteiger partial charge in [0.15, 0.2) is 5.16 Å². The highest BCUT2D eigenvalue weighted by molar-refractivity contribution is 8.00. The minimum atomic E-state index is -0.0660. The summed E-state index contributed by atoms with van der Waals surface area (Å²) in [6.07, 6.45) is 9.70. The van der Waals surface area contributed by atoms with Crippen LogP contribution in [0, 0.1) is 0 Å². The molecule has 0 bridgehead atoms. The summed E-state index contributed by atoms with van der Waals surface area (Å²) in [5.74, 6) is 0.293. The van der Waals surface area contributed by atoms with Crippen LogP contribution in [-0.2, 0) is 24.2 Å². The van der Waals surface area contributed by atoms with E-state index in [1.165, 1.54) is 28.6 Å². The lowest BCUT2D eigenvalue weighted by Crippen LogP contribution is -2.26. The molecule has 2 aliphatic carbocycles. The van der Waals surface area contributed by atoms with Gasteiger partial charge < -0.3 is 0 Å². The van der Waals surface area contributed by atoms with Crippen molar-refractivity contribution < 1.29 is 4.79 Å². The Bertz CT molecular complexity index is 897. The molecule has 1 fully saturated rings. The molecule has 132 valence electrons. The number of hydrogen-bond donors (Lipinski definition) is 0. The second kappa shape index (κ2) is 7.08. The highest BCUT2D eigenvalue weighted by Gasteiger charge is 2.27. The largest absolute Gasteiger partial charge is 0.298 e. The van der Waals surface area contributed by atoms with Gasteiger partial charge in [-0.2, -0.15) is 0 Å². The van der Waals surface area contributed by atoms with E-state index in [9.17, 15) is 9.59 Å². The van der Waals surface area contributed by atoms with E-state index < -0.39 is 0 Å². The molecule has 4 rings (SSSR count). The molecule has 0 aliphatic heterocycles. The predicted molar refractivity (Wildman–Crippen MR) is 104 cm³/mol. The molecule has 0 amide bonds. The number of ketones is 1. The third-order valence-electron chi connectivity index (χ3n) is 5.10. The molecule has 0 radical (unpaired) electrons. The molecule has 0 N–H and O–H groups in total. The van der Waals surface area contributed by atoms with Crippen LogP contribution < -0.4 is 5.56 Å². The topological polar surface area (TPSA) is 52.0 Å². The standard InChI is InChI=1S/C19H22N2O2S2/c1-2-11-21-18(23)16-12-7-3-5-9-14(12)24-17(16)20-19(21)25-15-10-6-4-8-13(15)22/h2,15H,1,3-11H2/t15-/m0/s1. The molecule has 2 aromatic heterocycles. The molecule has 6 heteroatoms. The Morgan fingerprint density at radius 1 is 1.20 bits per heavy atom. The molecule has 2 aliphatic rings. The van der Waals surface area contributed by atoms with Gasteiger partial charge in [0.25, 0.3) is 5.56 Å². The van der Waals surface area contributed by atoms with Crippen LogP contribution in [0.5, 0.6) is 0 Å². The SMILES string of the molecule is C=CCn1c(S[C@H]2CCCCC2=O)nc2sc3c(c2c1=O)CCCC3. The van der Waals surface area contributed by atoms with Gasteiger partial charge in [0.1, 0.15) is 10.6 Å². The summed E-state index contributed by atoms with van der Waals surface area (Å²) >= 11 is 3.14. The summed E-state index contributed by atoms with van der Waals surface area (Å²) in [4.78, 5) is 32.4.